The summed E-state index contributed by atoms with van der Waals surface area (Å²) in [6, 6.07) is 7.40. The number of benzene rings is 1. The fourth-order valence-electron chi connectivity index (χ4n) is 2.20. The summed E-state index contributed by atoms with van der Waals surface area (Å²) in [4.78, 5) is 23.8. The Kier molecular flexibility index (Phi) is 2.43. The van der Waals surface area contributed by atoms with Crippen LogP contribution in [0.4, 0.5) is 0 Å². The quantitative estimate of drug-likeness (QED) is 0.655. The van der Waals surface area contributed by atoms with Crippen molar-refractivity contribution in [1.29, 1.82) is 0 Å². The first-order chi connectivity index (χ1) is 7.11. The maximum absolute atomic E-state index is 12.0. The average Bonchev–Trinajstić information content (AvgIpc) is 2.17. The van der Waals surface area contributed by atoms with Crippen molar-refractivity contribution in [3.63, 3.8) is 0 Å². The van der Waals surface area contributed by atoms with E-state index in [1.165, 1.54) is 0 Å². The Hall–Kier alpha value is -1.44. The number of fused-ring (bicyclic) bond motifs is 1. The summed E-state index contributed by atoms with van der Waals surface area (Å²) in [5.41, 5.74) is 1.61. The van der Waals surface area contributed by atoms with Crippen LogP contribution in [-0.4, -0.2) is 11.6 Å². The van der Waals surface area contributed by atoms with Crippen molar-refractivity contribution >= 4 is 11.6 Å². The van der Waals surface area contributed by atoms with Crippen LogP contribution in [0.1, 0.15) is 29.8 Å². The highest BCUT2D eigenvalue weighted by Gasteiger charge is 2.35. The molecule has 1 aliphatic carbocycles. The van der Waals surface area contributed by atoms with Crippen molar-refractivity contribution in [1.82, 2.24) is 0 Å². The molecule has 0 fully saturated rings. The molecule has 2 nitrogen and oxygen atoms in total. The Bertz CT molecular complexity index is 418. The SMILES string of the molecule is CC(C)C1C(=O)Cc2ccccc2C1=O. The van der Waals surface area contributed by atoms with Crippen molar-refractivity contribution in [3.8, 4) is 0 Å². The van der Waals surface area contributed by atoms with Crippen LogP contribution in [0, 0.1) is 11.8 Å². The highest BCUT2D eigenvalue weighted by Crippen LogP contribution is 2.27. The molecule has 0 heterocycles. The van der Waals surface area contributed by atoms with Crippen LogP contribution in [0.15, 0.2) is 24.3 Å². The van der Waals surface area contributed by atoms with E-state index in [0.717, 1.165) is 11.1 Å². The standard InChI is InChI=1S/C13H14O2/c1-8(2)12-11(14)7-9-5-3-4-6-10(9)13(12)15/h3-6,8,12H,7H2,1-2H3. The molecule has 0 saturated carbocycles. The zero-order valence-electron chi connectivity index (χ0n) is 8.99. The van der Waals surface area contributed by atoms with E-state index in [0.29, 0.717) is 6.42 Å². The van der Waals surface area contributed by atoms with Crippen molar-refractivity contribution in [2.45, 2.75) is 20.3 Å². The van der Waals surface area contributed by atoms with Crippen LogP contribution >= 0.6 is 0 Å². The molecule has 1 unspecified atom stereocenters. The third-order valence-corrected chi connectivity index (χ3v) is 2.94. The highest BCUT2D eigenvalue weighted by atomic mass is 16.2. The first-order valence-corrected chi connectivity index (χ1v) is 5.26. The zero-order chi connectivity index (χ0) is 11.0. The van der Waals surface area contributed by atoms with Crippen LogP contribution in [0.2, 0.25) is 0 Å². The second-order valence-corrected chi connectivity index (χ2v) is 4.39. The van der Waals surface area contributed by atoms with Gasteiger partial charge in [-0.3, -0.25) is 9.59 Å². The van der Waals surface area contributed by atoms with Gasteiger partial charge in [-0.05, 0) is 11.5 Å². The molecule has 1 atom stereocenters. The van der Waals surface area contributed by atoms with Gasteiger partial charge in [-0.25, -0.2) is 0 Å². The normalized spacial score (nSPS) is 20.6. The van der Waals surface area contributed by atoms with Crippen molar-refractivity contribution in [3.05, 3.63) is 35.4 Å². The largest absolute Gasteiger partial charge is 0.299 e. The summed E-state index contributed by atoms with van der Waals surface area (Å²) < 4.78 is 0. The lowest BCUT2D eigenvalue weighted by Gasteiger charge is -2.24. The van der Waals surface area contributed by atoms with Crippen LogP contribution in [0.25, 0.3) is 0 Å². The van der Waals surface area contributed by atoms with E-state index < -0.39 is 5.92 Å². The van der Waals surface area contributed by atoms with E-state index in [1.807, 2.05) is 38.1 Å². The van der Waals surface area contributed by atoms with E-state index >= 15 is 0 Å². The maximum Gasteiger partial charge on any atom is 0.173 e. The summed E-state index contributed by atoms with van der Waals surface area (Å²) in [5.74, 6) is -0.274. The van der Waals surface area contributed by atoms with Gasteiger partial charge in [-0.2, -0.15) is 0 Å². The third kappa shape index (κ3) is 1.60. The van der Waals surface area contributed by atoms with Gasteiger partial charge in [0.25, 0.3) is 0 Å². The van der Waals surface area contributed by atoms with Crippen LogP contribution in [-0.2, 0) is 11.2 Å². The average molecular weight is 202 g/mol. The molecule has 0 radical (unpaired) electrons. The van der Waals surface area contributed by atoms with Gasteiger partial charge in [0.05, 0.1) is 5.92 Å². The molecule has 1 aliphatic rings. The minimum atomic E-state index is -0.431. The molecule has 0 bridgehead atoms. The predicted octanol–water partition coefficient (Wildman–Crippen LogP) is 2.27. The first kappa shape index (κ1) is 10.1. The number of ketones is 2. The summed E-state index contributed by atoms with van der Waals surface area (Å²) in [5, 5.41) is 0. The third-order valence-electron chi connectivity index (χ3n) is 2.94. The molecule has 0 amide bonds. The van der Waals surface area contributed by atoms with E-state index in [2.05, 4.69) is 0 Å². The maximum atomic E-state index is 12.0. The monoisotopic (exact) mass is 202 g/mol. The fraction of sp³-hybridized carbons (Fsp3) is 0.385. The Labute approximate surface area is 89.3 Å². The van der Waals surface area contributed by atoms with Crippen LogP contribution < -0.4 is 0 Å². The molecule has 78 valence electrons. The Morgan fingerprint density at radius 1 is 1.20 bits per heavy atom. The lowest BCUT2D eigenvalue weighted by Crippen LogP contribution is -2.35. The van der Waals surface area contributed by atoms with E-state index in [9.17, 15) is 9.59 Å². The van der Waals surface area contributed by atoms with Crippen molar-refractivity contribution in [2.24, 2.45) is 11.8 Å². The Morgan fingerprint density at radius 2 is 1.87 bits per heavy atom. The van der Waals surface area contributed by atoms with Crippen LogP contribution in [0.5, 0.6) is 0 Å². The van der Waals surface area contributed by atoms with Crippen molar-refractivity contribution < 1.29 is 9.59 Å². The van der Waals surface area contributed by atoms with Gasteiger partial charge >= 0.3 is 0 Å². The molecule has 15 heavy (non-hydrogen) atoms. The summed E-state index contributed by atoms with van der Waals surface area (Å²) in [6.07, 6.45) is 0.408. The van der Waals surface area contributed by atoms with Gasteiger partial charge < -0.3 is 0 Å². The molecule has 0 aliphatic heterocycles. The van der Waals surface area contributed by atoms with Crippen molar-refractivity contribution in [2.75, 3.05) is 0 Å². The molecule has 0 spiro atoms. The number of hydrogen-bond donors (Lipinski definition) is 0. The summed E-state index contributed by atoms with van der Waals surface area (Å²) in [7, 11) is 0. The number of carbonyl (C=O) groups is 2. The highest BCUT2D eigenvalue weighted by molar-refractivity contribution is 6.15. The first-order valence-electron chi connectivity index (χ1n) is 5.26. The van der Waals surface area contributed by atoms with Gasteiger partial charge in [0.2, 0.25) is 0 Å². The zero-order valence-corrected chi connectivity index (χ0v) is 8.99. The molecule has 2 rings (SSSR count). The molecule has 2 heteroatoms. The van der Waals surface area contributed by atoms with E-state index in [4.69, 9.17) is 0 Å². The van der Waals surface area contributed by atoms with E-state index in [-0.39, 0.29) is 17.5 Å². The molecular weight excluding hydrogens is 188 g/mol. The second kappa shape index (κ2) is 3.61. The number of Topliss-reactive ketones (excluding diaryl/α,β-unsaturated/α-hetero) is 2. The van der Waals surface area contributed by atoms with Gasteiger partial charge in [0, 0.05) is 12.0 Å². The molecular formula is C13H14O2. The van der Waals surface area contributed by atoms with E-state index in [1.54, 1.807) is 0 Å². The van der Waals surface area contributed by atoms with Gasteiger partial charge in [0.15, 0.2) is 5.78 Å². The predicted molar refractivity (Wildman–Crippen MR) is 57.8 cm³/mol. The lowest BCUT2D eigenvalue weighted by atomic mass is 9.76. The Balaban J connectivity index is 2.48. The minimum Gasteiger partial charge on any atom is -0.299 e. The number of carbonyl (C=O) groups excluding carboxylic acids is 2. The van der Waals surface area contributed by atoms with Gasteiger partial charge in [-0.15, -0.1) is 0 Å². The Morgan fingerprint density at radius 3 is 2.53 bits per heavy atom. The van der Waals surface area contributed by atoms with Crippen LogP contribution in [0.3, 0.4) is 0 Å². The van der Waals surface area contributed by atoms with Gasteiger partial charge in [0.1, 0.15) is 5.78 Å². The number of hydrogen-bond acceptors (Lipinski definition) is 2. The smallest absolute Gasteiger partial charge is 0.173 e. The molecule has 1 aromatic carbocycles. The summed E-state index contributed by atoms with van der Waals surface area (Å²) in [6.45, 7) is 3.85. The molecule has 0 aromatic heterocycles. The molecule has 1 aromatic rings. The number of rotatable bonds is 1. The molecule has 0 N–H and O–H groups in total. The minimum absolute atomic E-state index is 0.00292. The second-order valence-electron chi connectivity index (χ2n) is 4.39. The topological polar surface area (TPSA) is 34.1 Å². The van der Waals surface area contributed by atoms with Gasteiger partial charge in [-0.1, -0.05) is 38.1 Å². The molecule has 0 saturated heterocycles. The summed E-state index contributed by atoms with van der Waals surface area (Å²) >= 11 is 0. The lowest BCUT2D eigenvalue weighted by molar-refractivity contribution is -0.122. The fourth-order valence-corrected chi connectivity index (χ4v) is 2.20.